The van der Waals surface area contributed by atoms with Gasteiger partial charge in [0.2, 0.25) is 0 Å². The second kappa shape index (κ2) is 12.8. The number of nitrogens with zero attached hydrogens (tertiary/aromatic N) is 1. The maximum Gasteiger partial charge on any atom is 0.344 e. The quantitative estimate of drug-likeness (QED) is 0.215. The number of anilines is 1. The van der Waals surface area contributed by atoms with Gasteiger partial charge < -0.3 is 14.4 Å². The lowest BCUT2D eigenvalue weighted by Gasteiger charge is -2.31. The van der Waals surface area contributed by atoms with Gasteiger partial charge in [-0.2, -0.15) is 0 Å². The van der Waals surface area contributed by atoms with Crippen LogP contribution >= 0.6 is 11.6 Å². The molecule has 1 aliphatic heterocycles. The van der Waals surface area contributed by atoms with Gasteiger partial charge in [-0.25, -0.2) is 22.0 Å². The van der Waals surface area contributed by atoms with E-state index < -0.39 is 56.5 Å². The summed E-state index contributed by atoms with van der Waals surface area (Å²) in [6.45, 7) is 0.231. The molecule has 0 radical (unpaired) electrons. The molecule has 0 aliphatic carbocycles. The summed E-state index contributed by atoms with van der Waals surface area (Å²) in [5.74, 6) is -3.79. The van der Waals surface area contributed by atoms with Crippen LogP contribution in [-0.4, -0.2) is 44.9 Å². The summed E-state index contributed by atoms with van der Waals surface area (Å²) >= 11 is 6.40. The predicted molar refractivity (Wildman–Crippen MR) is 156 cm³/mol. The van der Waals surface area contributed by atoms with E-state index in [0.717, 1.165) is 24.1 Å². The minimum absolute atomic E-state index is 0.0413. The molecule has 8 nitrogen and oxygen atoms in total. The normalized spacial score (nSPS) is 12.8. The Hall–Kier alpha value is -4.48. The van der Waals surface area contributed by atoms with Crippen molar-refractivity contribution in [2.75, 3.05) is 24.4 Å². The summed E-state index contributed by atoms with van der Waals surface area (Å²) in [6, 6.07) is 20.9. The molecule has 1 heterocycles. The summed E-state index contributed by atoms with van der Waals surface area (Å²) in [6.07, 6.45) is 0.798. The zero-order chi connectivity index (χ0) is 30.6. The topological polar surface area (TPSA) is 102 Å². The lowest BCUT2D eigenvalue weighted by atomic mass is 10.0. The molecule has 4 aromatic rings. The standard InChI is InChI=1S/C31H25ClF2N2O6S/c32-24-14-22(31(38)36-12-7-13-36)15-28(30(24)42-19-29(37)41-18-20-8-3-1-4-9-20)43(39,40)35-27-16-23(25(33)17-26(27)34)21-10-5-2-6-11-21/h1-6,8-11,14-17,35H,7,12-13,18-19H2. The van der Waals surface area contributed by atoms with E-state index in [1.165, 1.54) is 11.0 Å². The van der Waals surface area contributed by atoms with Crippen LogP contribution < -0.4 is 9.46 Å². The third-order valence-electron chi connectivity index (χ3n) is 6.65. The Morgan fingerprint density at radius 2 is 1.58 bits per heavy atom. The highest BCUT2D eigenvalue weighted by atomic mass is 35.5. The molecule has 12 heteroatoms. The van der Waals surface area contributed by atoms with Gasteiger partial charge >= 0.3 is 5.97 Å². The van der Waals surface area contributed by atoms with E-state index in [9.17, 15) is 26.8 Å². The number of hydrogen-bond donors (Lipinski definition) is 1. The van der Waals surface area contributed by atoms with Crippen LogP contribution in [0, 0.1) is 11.6 Å². The van der Waals surface area contributed by atoms with E-state index in [1.54, 1.807) is 54.6 Å². The van der Waals surface area contributed by atoms with E-state index in [1.807, 2.05) is 6.07 Å². The molecule has 5 rings (SSSR count). The maximum absolute atomic E-state index is 14.9. The average Bonchev–Trinajstić information content (AvgIpc) is 2.96. The SMILES string of the molecule is O=C(COc1c(Cl)cc(C(=O)N2CCC2)cc1S(=O)(=O)Nc1cc(-c2ccccc2)c(F)cc1F)OCc1ccccc1. The number of nitrogens with one attached hydrogen (secondary N) is 1. The summed E-state index contributed by atoms with van der Waals surface area (Å²) < 4.78 is 69.7. The number of ether oxygens (including phenoxy) is 2. The van der Waals surface area contributed by atoms with Crippen molar-refractivity contribution in [3.8, 4) is 16.9 Å². The van der Waals surface area contributed by atoms with Crippen LogP contribution in [0.1, 0.15) is 22.3 Å². The zero-order valence-corrected chi connectivity index (χ0v) is 24.1. The fourth-order valence-corrected chi connectivity index (χ4v) is 5.89. The van der Waals surface area contributed by atoms with Gasteiger partial charge in [0.15, 0.2) is 12.4 Å². The molecule has 1 saturated heterocycles. The molecule has 1 N–H and O–H groups in total. The number of carbonyl (C=O) groups is 2. The molecule has 0 aromatic heterocycles. The highest BCUT2D eigenvalue weighted by molar-refractivity contribution is 7.92. The van der Waals surface area contributed by atoms with Crippen molar-refractivity contribution in [1.82, 2.24) is 4.90 Å². The summed E-state index contributed by atoms with van der Waals surface area (Å²) in [4.78, 5) is 26.2. The molecular formula is C31H25ClF2N2O6S. The van der Waals surface area contributed by atoms with Gasteiger partial charge in [-0.1, -0.05) is 72.3 Å². The number of amides is 1. The molecule has 43 heavy (non-hydrogen) atoms. The Balaban J connectivity index is 1.46. The first-order chi connectivity index (χ1) is 20.6. The Kier molecular flexibility index (Phi) is 8.93. The molecular weight excluding hydrogens is 602 g/mol. The maximum atomic E-state index is 14.9. The largest absolute Gasteiger partial charge is 0.479 e. The number of rotatable bonds is 10. The van der Waals surface area contributed by atoms with Gasteiger partial charge in [-0.3, -0.25) is 9.52 Å². The second-order valence-corrected chi connectivity index (χ2v) is 11.7. The van der Waals surface area contributed by atoms with E-state index >= 15 is 0 Å². The second-order valence-electron chi connectivity index (χ2n) is 9.65. The predicted octanol–water partition coefficient (Wildman–Crippen LogP) is 6.05. The molecule has 4 aromatic carbocycles. The van der Waals surface area contributed by atoms with E-state index in [2.05, 4.69) is 4.72 Å². The summed E-state index contributed by atoms with van der Waals surface area (Å²) in [5.41, 5.74) is 0.477. The molecule has 0 unspecified atom stereocenters. The van der Waals surface area contributed by atoms with E-state index in [4.69, 9.17) is 21.1 Å². The van der Waals surface area contributed by atoms with Crippen molar-refractivity contribution in [2.45, 2.75) is 17.9 Å². The van der Waals surface area contributed by atoms with Crippen LogP contribution in [0.2, 0.25) is 5.02 Å². The summed E-state index contributed by atoms with van der Waals surface area (Å²) in [5, 5.41) is -0.271. The van der Waals surface area contributed by atoms with Gasteiger partial charge in [0.1, 0.15) is 23.1 Å². The van der Waals surface area contributed by atoms with Crippen LogP contribution in [0.25, 0.3) is 11.1 Å². The van der Waals surface area contributed by atoms with Crippen molar-refractivity contribution in [3.63, 3.8) is 0 Å². The molecule has 0 spiro atoms. The molecule has 222 valence electrons. The summed E-state index contributed by atoms with van der Waals surface area (Å²) in [7, 11) is -4.72. The van der Waals surface area contributed by atoms with Gasteiger partial charge in [0, 0.05) is 30.3 Å². The minimum atomic E-state index is -4.72. The average molecular weight is 627 g/mol. The zero-order valence-electron chi connectivity index (χ0n) is 22.6. The number of esters is 1. The third-order valence-corrected chi connectivity index (χ3v) is 8.30. The van der Waals surface area contributed by atoms with E-state index in [0.29, 0.717) is 24.7 Å². The highest BCUT2D eigenvalue weighted by Crippen LogP contribution is 2.37. The van der Waals surface area contributed by atoms with Crippen molar-refractivity contribution in [1.29, 1.82) is 0 Å². The van der Waals surface area contributed by atoms with Crippen LogP contribution in [0.3, 0.4) is 0 Å². The molecule has 0 bridgehead atoms. The number of benzene rings is 4. The van der Waals surface area contributed by atoms with Gasteiger partial charge in [-0.15, -0.1) is 0 Å². The first-order valence-electron chi connectivity index (χ1n) is 13.1. The van der Waals surface area contributed by atoms with Crippen molar-refractivity contribution < 1.29 is 36.3 Å². The van der Waals surface area contributed by atoms with E-state index in [-0.39, 0.29) is 22.8 Å². The molecule has 0 saturated carbocycles. The van der Waals surface area contributed by atoms with Crippen LogP contribution in [-0.2, 0) is 26.2 Å². The number of likely N-dealkylation sites (tertiary alicyclic amines) is 1. The molecule has 0 atom stereocenters. The van der Waals surface area contributed by atoms with Crippen LogP contribution in [0.15, 0.2) is 89.8 Å². The van der Waals surface area contributed by atoms with Gasteiger partial charge in [-0.05, 0) is 35.7 Å². The lowest BCUT2D eigenvalue weighted by Crippen LogP contribution is -2.42. The van der Waals surface area contributed by atoms with Gasteiger partial charge in [0.05, 0.1) is 10.7 Å². The first kappa shape index (κ1) is 30.0. The highest BCUT2D eigenvalue weighted by Gasteiger charge is 2.29. The van der Waals surface area contributed by atoms with Gasteiger partial charge in [0.25, 0.3) is 15.9 Å². The van der Waals surface area contributed by atoms with Crippen molar-refractivity contribution in [3.05, 3.63) is 113 Å². The Morgan fingerprint density at radius 1 is 0.907 bits per heavy atom. The number of carbonyl (C=O) groups excluding carboxylic acids is 2. The molecule has 1 fully saturated rings. The monoisotopic (exact) mass is 626 g/mol. The fourth-order valence-electron chi connectivity index (χ4n) is 4.31. The Morgan fingerprint density at radius 3 is 2.23 bits per heavy atom. The third kappa shape index (κ3) is 6.95. The number of sulfonamides is 1. The number of halogens is 3. The molecule has 1 aliphatic rings. The molecule has 1 amide bonds. The van der Waals surface area contributed by atoms with Crippen LogP contribution in [0.5, 0.6) is 5.75 Å². The van der Waals surface area contributed by atoms with Crippen LogP contribution in [0.4, 0.5) is 14.5 Å². The smallest absolute Gasteiger partial charge is 0.344 e. The van der Waals surface area contributed by atoms with Crippen molar-refractivity contribution in [2.24, 2.45) is 0 Å². The first-order valence-corrected chi connectivity index (χ1v) is 15.0. The number of hydrogen-bond acceptors (Lipinski definition) is 6. The van der Waals surface area contributed by atoms with Crippen molar-refractivity contribution >= 4 is 39.2 Å². The minimum Gasteiger partial charge on any atom is -0.479 e. The lowest BCUT2D eigenvalue weighted by molar-refractivity contribution is -0.147. The Bertz CT molecular complexity index is 1770. The fraction of sp³-hybridized carbons (Fsp3) is 0.161. The Labute approximate surface area is 251 Å².